The van der Waals surface area contributed by atoms with E-state index in [2.05, 4.69) is 35.5 Å². The van der Waals surface area contributed by atoms with E-state index in [-0.39, 0.29) is 15.9 Å². The Hall–Kier alpha value is -2.23. The van der Waals surface area contributed by atoms with E-state index in [0.29, 0.717) is 0 Å². The number of rotatable bonds is 5. The Morgan fingerprint density at radius 2 is 1.87 bits per heavy atom. The molecule has 0 fully saturated rings. The Balaban J connectivity index is 3.02. The standard InChI is InChI=1S/C13H11BrF3NO5/c1-21-11(19)6-9(12(20)22-2)18-7-3-4-10(8(14)5-7)23-13(15,16)17/h3-6,18H,1-2H3/b9-6+. The largest absolute Gasteiger partial charge is 0.573 e. The van der Waals surface area contributed by atoms with Gasteiger partial charge in [-0.3, -0.25) is 0 Å². The van der Waals surface area contributed by atoms with Crippen LogP contribution in [0.25, 0.3) is 0 Å². The van der Waals surface area contributed by atoms with Gasteiger partial charge in [0.15, 0.2) is 0 Å². The quantitative estimate of drug-likeness (QED) is 0.608. The molecule has 0 aliphatic heterocycles. The maximum absolute atomic E-state index is 12.2. The van der Waals surface area contributed by atoms with Gasteiger partial charge < -0.3 is 19.5 Å². The SMILES string of the molecule is COC(=O)/C=C(/Nc1ccc(OC(F)(F)F)c(Br)c1)C(=O)OC. The number of alkyl halides is 3. The molecule has 0 spiro atoms. The zero-order chi connectivity index (χ0) is 17.6. The lowest BCUT2D eigenvalue weighted by Gasteiger charge is -2.13. The minimum Gasteiger partial charge on any atom is -0.466 e. The summed E-state index contributed by atoms with van der Waals surface area (Å²) < 4.78 is 49.2. The fourth-order valence-electron chi connectivity index (χ4n) is 1.37. The molecule has 0 heterocycles. The predicted molar refractivity (Wildman–Crippen MR) is 76.6 cm³/mol. The van der Waals surface area contributed by atoms with Crippen molar-refractivity contribution in [1.82, 2.24) is 0 Å². The molecule has 1 N–H and O–H groups in total. The van der Waals surface area contributed by atoms with Crippen LogP contribution in [-0.4, -0.2) is 32.5 Å². The molecule has 0 saturated heterocycles. The molecule has 126 valence electrons. The molecule has 0 unspecified atom stereocenters. The second-order valence-corrected chi connectivity index (χ2v) is 4.75. The maximum Gasteiger partial charge on any atom is 0.573 e. The first-order valence-electron chi connectivity index (χ1n) is 5.86. The number of hydrogen-bond acceptors (Lipinski definition) is 6. The Bertz CT molecular complexity index is 631. The van der Waals surface area contributed by atoms with Crippen molar-refractivity contribution in [2.24, 2.45) is 0 Å². The van der Waals surface area contributed by atoms with Crippen molar-refractivity contribution in [2.45, 2.75) is 6.36 Å². The lowest BCUT2D eigenvalue weighted by Crippen LogP contribution is -2.18. The third kappa shape index (κ3) is 6.19. The van der Waals surface area contributed by atoms with Gasteiger partial charge in [0, 0.05) is 5.69 Å². The third-order valence-electron chi connectivity index (χ3n) is 2.31. The van der Waals surface area contributed by atoms with Gasteiger partial charge in [-0.2, -0.15) is 0 Å². The van der Waals surface area contributed by atoms with Crippen LogP contribution in [-0.2, 0) is 19.1 Å². The van der Waals surface area contributed by atoms with Gasteiger partial charge in [0.2, 0.25) is 0 Å². The first-order chi connectivity index (χ1) is 10.7. The smallest absolute Gasteiger partial charge is 0.466 e. The van der Waals surface area contributed by atoms with E-state index in [1.807, 2.05) is 0 Å². The van der Waals surface area contributed by atoms with E-state index in [1.165, 1.54) is 12.1 Å². The van der Waals surface area contributed by atoms with Gasteiger partial charge >= 0.3 is 18.3 Å². The highest BCUT2D eigenvalue weighted by Crippen LogP contribution is 2.32. The highest BCUT2D eigenvalue weighted by Gasteiger charge is 2.32. The summed E-state index contributed by atoms with van der Waals surface area (Å²) in [5, 5.41) is 2.54. The first-order valence-corrected chi connectivity index (χ1v) is 6.66. The van der Waals surface area contributed by atoms with Crippen LogP contribution in [0.3, 0.4) is 0 Å². The zero-order valence-corrected chi connectivity index (χ0v) is 13.4. The topological polar surface area (TPSA) is 73.9 Å². The highest BCUT2D eigenvalue weighted by atomic mass is 79.9. The highest BCUT2D eigenvalue weighted by molar-refractivity contribution is 9.10. The van der Waals surface area contributed by atoms with Gasteiger partial charge in [0.25, 0.3) is 0 Å². The van der Waals surface area contributed by atoms with Crippen LogP contribution in [0.2, 0.25) is 0 Å². The Morgan fingerprint density at radius 1 is 1.22 bits per heavy atom. The summed E-state index contributed by atoms with van der Waals surface area (Å²) in [5.74, 6) is -2.13. The number of nitrogens with one attached hydrogen (secondary N) is 1. The van der Waals surface area contributed by atoms with Gasteiger partial charge in [0.05, 0.1) is 24.8 Å². The minimum atomic E-state index is -4.83. The van der Waals surface area contributed by atoms with Crippen molar-refractivity contribution in [3.05, 3.63) is 34.4 Å². The molecule has 0 atom stereocenters. The molecule has 23 heavy (non-hydrogen) atoms. The number of esters is 2. The van der Waals surface area contributed by atoms with E-state index in [1.54, 1.807) is 0 Å². The van der Waals surface area contributed by atoms with Crippen LogP contribution in [0.5, 0.6) is 5.75 Å². The second-order valence-electron chi connectivity index (χ2n) is 3.89. The molecule has 0 amide bonds. The van der Waals surface area contributed by atoms with E-state index in [0.717, 1.165) is 26.4 Å². The van der Waals surface area contributed by atoms with Crippen LogP contribution in [0, 0.1) is 0 Å². The third-order valence-corrected chi connectivity index (χ3v) is 2.92. The van der Waals surface area contributed by atoms with Crippen molar-refractivity contribution in [2.75, 3.05) is 19.5 Å². The van der Waals surface area contributed by atoms with Gasteiger partial charge in [-0.15, -0.1) is 13.2 Å². The fraction of sp³-hybridized carbons (Fsp3) is 0.231. The molecule has 0 saturated carbocycles. The predicted octanol–water partition coefficient (Wildman–Crippen LogP) is 2.99. The Morgan fingerprint density at radius 3 is 2.35 bits per heavy atom. The molecule has 1 aromatic rings. The molecule has 0 aliphatic carbocycles. The molecule has 1 rings (SSSR count). The monoisotopic (exact) mass is 397 g/mol. The zero-order valence-electron chi connectivity index (χ0n) is 11.9. The fourth-order valence-corrected chi connectivity index (χ4v) is 1.83. The Labute approximate surface area is 137 Å². The van der Waals surface area contributed by atoms with Crippen molar-refractivity contribution in [3.8, 4) is 5.75 Å². The van der Waals surface area contributed by atoms with E-state index in [9.17, 15) is 22.8 Å². The summed E-state index contributed by atoms with van der Waals surface area (Å²) >= 11 is 2.92. The second kappa shape index (κ2) is 7.86. The number of benzene rings is 1. The van der Waals surface area contributed by atoms with Crippen molar-refractivity contribution in [1.29, 1.82) is 0 Å². The number of carbonyl (C=O) groups excluding carboxylic acids is 2. The first kappa shape index (κ1) is 18.8. The van der Waals surface area contributed by atoms with Crippen LogP contribution in [0.15, 0.2) is 34.4 Å². The molecule has 1 aromatic carbocycles. The molecule has 10 heteroatoms. The number of carbonyl (C=O) groups is 2. The Kier molecular flexibility index (Phi) is 6.43. The lowest BCUT2D eigenvalue weighted by molar-refractivity contribution is -0.274. The van der Waals surface area contributed by atoms with E-state index < -0.39 is 24.1 Å². The average molecular weight is 398 g/mol. The summed E-state index contributed by atoms with van der Waals surface area (Å²) in [5.41, 5.74) is -0.0392. The van der Waals surface area contributed by atoms with Crippen molar-refractivity contribution >= 4 is 33.6 Å². The summed E-state index contributed by atoms with van der Waals surface area (Å²) in [7, 11) is 2.22. The number of anilines is 1. The molecular weight excluding hydrogens is 387 g/mol. The molecule has 0 aliphatic rings. The number of hydrogen-bond donors (Lipinski definition) is 1. The van der Waals surface area contributed by atoms with Gasteiger partial charge in [-0.1, -0.05) is 0 Å². The van der Waals surface area contributed by atoms with E-state index >= 15 is 0 Å². The number of halogens is 4. The van der Waals surface area contributed by atoms with Gasteiger partial charge in [-0.05, 0) is 34.1 Å². The van der Waals surface area contributed by atoms with Crippen LogP contribution >= 0.6 is 15.9 Å². The van der Waals surface area contributed by atoms with Gasteiger partial charge in [-0.25, -0.2) is 9.59 Å². The van der Waals surface area contributed by atoms with Crippen molar-refractivity contribution < 1.29 is 37.0 Å². The molecule has 0 aromatic heterocycles. The summed E-state index contributed by atoms with van der Waals surface area (Å²) in [6, 6.07) is 3.49. The van der Waals surface area contributed by atoms with Crippen LogP contribution in [0.4, 0.5) is 18.9 Å². The average Bonchev–Trinajstić information content (AvgIpc) is 2.47. The number of methoxy groups -OCH3 is 2. The summed E-state index contributed by atoms with van der Waals surface area (Å²) in [4.78, 5) is 22.8. The summed E-state index contributed by atoms with van der Waals surface area (Å²) in [6.45, 7) is 0. The van der Waals surface area contributed by atoms with Crippen LogP contribution in [0.1, 0.15) is 0 Å². The minimum absolute atomic E-state index is 0.0119. The lowest BCUT2D eigenvalue weighted by atomic mass is 10.2. The van der Waals surface area contributed by atoms with Crippen molar-refractivity contribution in [3.63, 3.8) is 0 Å². The molecule has 0 bridgehead atoms. The molecular formula is C13H11BrF3NO5. The summed E-state index contributed by atoms with van der Waals surface area (Å²) in [6.07, 6.45) is -3.99. The maximum atomic E-state index is 12.2. The molecule has 6 nitrogen and oxygen atoms in total. The van der Waals surface area contributed by atoms with E-state index in [4.69, 9.17) is 0 Å². The van der Waals surface area contributed by atoms with Gasteiger partial charge in [0.1, 0.15) is 11.4 Å². The van der Waals surface area contributed by atoms with Crippen LogP contribution < -0.4 is 10.1 Å². The number of ether oxygens (including phenoxy) is 3. The molecule has 0 radical (unpaired) electrons. The normalized spacial score (nSPS) is 11.7.